The van der Waals surface area contributed by atoms with Crippen molar-refractivity contribution in [1.82, 2.24) is 4.90 Å². The van der Waals surface area contributed by atoms with Gasteiger partial charge in [0.1, 0.15) is 0 Å². The molecule has 0 aromatic carbocycles. The summed E-state index contributed by atoms with van der Waals surface area (Å²) >= 11 is 0. The van der Waals surface area contributed by atoms with E-state index in [4.69, 9.17) is 0 Å². The molecule has 3 heteroatoms. The standard InChI is InChI=1S/C16H31NO2/c1-4-7-13-8-9-14(16(18)19)15(12-13)17(10-5-2)11-6-3/h13-15H,4-12H2,1-3H3,(H,18,19). The third-order valence-corrected chi connectivity index (χ3v) is 4.43. The summed E-state index contributed by atoms with van der Waals surface area (Å²) < 4.78 is 0. The van der Waals surface area contributed by atoms with Gasteiger partial charge in [-0.3, -0.25) is 9.69 Å². The largest absolute Gasteiger partial charge is 0.481 e. The Bertz CT molecular complexity index is 261. The molecule has 0 saturated heterocycles. The van der Waals surface area contributed by atoms with Crippen molar-refractivity contribution in [2.75, 3.05) is 13.1 Å². The van der Waals surface area contributed by atoms with E-state index in [9.17, 15) is 9.90 Å². The number of hydrogen-bond acceptors (Lipinski definition) is 2. The SMILES string of the molecule is CCCC1CCC(C(=O)O)C(N(CCC)CCC)C1. The van der Waals surface area contributed by atoms with E-state index in [0.717, 1.165) is 51.1 Å². The van der Waals surface area contributed by atoms with Crippen LogP contribution in [0.4, 0.5) is 0 Å². The lowest BCUT2D eigenvalue weighted by molar-refractivity contribution is -0.146. The summed E-state index contributed by atoms with van der Waals surface area (Å²) in [6, 6.07) is 0.266. The lowest BCUT2D eigenvalue weighted by Crippen LogP contribution is -2.47. The normalized spacial score (nSPS) is 27.7. The van der Waals surface area contributed by atoms with E-state index in [1.54, 1.807) is 0 Å². The van der Waals surface area contributed by atoms with Crippen LogP contribution >= 0.6 is 0 Å². The van der Waals surface area contributed by atoms with Crippen molar-refractivity contribution in [2.45, 2.75) is 71.8 Å². The Labute approximate surface area is 118 Å². The van der Waals surface area contributed by atoms with Crippen molar-refractivity contribution in [3.8, 4) is 0 Å². The Kier molecular flexibility index (Phi) is 7.44. The second kappa shape index (κ2) is 8.57. The van der Waals surface area contributed by atoms with Gasteiger partial charge in [-0.05, 0) is 51.1 Å². The number of rotatable bonds is 8. The lowest BCUT2D eigenvalue weighted by Gasteiger charge is -2.41. The van der Waals surface area contributed by atoms with Crippen LogP contribution in [0.5, 0.6) is 0 Å². The molecule has 0 radical (unpaired) electrons. The van der Waals surface area contributed by atoms with E-state index in [1.807, 2.05) is 0 Å². The molecule has 0 heterocycles. The predicted molar refractivity (Wildman–Crippen MR) is 79.3 cm³/mol. The van der Waals surface area contributed by atoms with Gasteiger partial charge in [-0.2, -0.15) is 0 Å². The van der Waals surface area contributed by atoms with E-state index < -0.39 is 5.97 Å². The summed E-state index contributed by atoms with van der Waals surface area (Å²) in [6.07, 6.45) is 7.76. The maximum Gasteiger partial charge on any atom is 0.308 e. The highest BCUT2D eigenvalue weighted by Gasteiger charge is 2.37. The number of carboxylic acid groups (broad SMARTS) is 1. The van der Waals surface area contributed by atoms with Crippen molar-refractivity contribution in [1.29, 1.82) is 0 Å². The Morgan fingerprint density at radius 2 is 1.74 bits per heavy atom. The minimum atomic E-state index is -0.586. The molecule has 3 unspecified atom stereocenters. The van der Waals surface area contributed by atoms with Gasteiger partial charge in [0.05, 0.1) is 5.92 Å². The van der Waals surface area contributed by atoms with Crippen LogP contribution in [-0.2, 0) is 4.79 Å². The van der Waals surface area contributed by atoms with E-state index >= 15 is 0 Å². The first kappa shape index (κ1) is 16.5. The first-order valence-corrected chi connectivity index (χ1v) is 8.10. The molecular formula is C16H31NO2. The maximum absolute atomic E-state index is 11.5. The molecule has 0 amide bonds. The Morgan fingerprint density at radius 1 is 1.11 bits per heavy atom. The average Bonchev–Trinajstić information content (AvgIpc) is 2.38. The molecule has 1 fully saturated rings. The molecule has 0 bridgehead atoms. The molecule has 3 atom stereocenters. The topological polar surface area (TPSA) is 40.5 Å². The van der Waals surface area contributed by atoms with E-state index in [-0.39, 0.29) is 12.0 Å². The molecular weight excluding hydrogens is 238 g/mol. The van der Waals surface area contributed by atoms with Crippen LogP contribution in [0.3, 0.4) is 0 Å². The van der Waals surface area contributed by atoms with Crippen LogP contribution < -0.4 is 0 Å². The Morgan fingerprint density at radius 3 is 2.21 bits per heavy atom. The zero-order valence-electron chi connectivity index (χ0n) is 12.9. The van der Waals surface area contributed by atoms with Gasteiger partial charge in [-0.15, -0.1) is 0 Å². The molecule has 0 spiro atoms. The van der Waals surface area contributed by atoms with Gasteiger partial charge in [-0.1, -0.05) is 33.6 Å². The summed E-state index contributed by atoms with van der Waals surface area (Å²) in [5.41, 5.74) is 0. The van der Waals surface area contributed by atoms with E-state index in [2.05, 4.69) is 25.7 Å². The van der Waals surface area contributed by atoms with Crippen molar-refractivity contribution in [3.63, 3.8) is 0 Å². The van der Waals surface area contributed by atoms with Crippen LogP contribution in [0.25, 0.3) is 0 Å². The first-order valence-electron chi connectivity index (χ1n) is 8.10. The molecule has 1 N–H and O–H groups in total. The van der Waals surface area contributed by atoms with Gasteiger partial charge in [0.15, 0.2) is 0 Å². The molecule has 1 rings (SSSR count). The number of nitrogens with zero attached hydrogens (tertiary/aromatic N) is 1. The molecule has 0 aromatic rings. The lowest BCUT2D eigenvalue weighted by atomic mass is 9.76. The molecule has 1 aliphatic carbocycles. The van der Waals surface area contributed by atoms with Gasteiger partial charge in [0.2, 0.25) is 0 Å². The van der Waals surface area contributed by atoms with Gasteiger partial charge in [-0.25, -0.2) is 0 Å². The number of carboxylic acids is 1. The predicted octanol–water partition coefficient (Wildman–Crippen LogP) is 3.78. The molecule has 19 heavy (non-hydrogen) atoms. The summed E-state index contributed by atoms with van der Waals surface area (Å²) in [4.78, 5) is 14.0. The molecule has 112 valence electrons. The third-order valence-electron chi connectivity index (χ3n) is 4.43. The van der Waals surface area contributed by atoms with Crippen molar-refractivity contribution >= 4 is 5.97 Å². The van der Waals surface area contributed by atoms with Gasteiger partial charge in [0, 0.05) is 6.04 Å². The summed E-state index contributed by atoms with van der Waals surface area (Å²) in [5, 5.41) is 9.48. The number of aliphatic carboxylic acids is 1. The second-order valence-corrected chi connectivity index (χ2v) is 6.02. The van der Waals surface area contributed by atoms with Crippen molar-refractivity contribution < 1.29 is 9.90 Å². The van der Waals surface area contributed by atoms with Crippen LogP contribution in [0.1, 0.15) is 65.7 Å². The highest BCUT2D eigenvalue weighted by atomic mass is 16.4. The van der Waals surface area contributed by atoms with Crippen LogP contribution in [0, 0.1) is 11.8 Å². The monoisotopic (exact) mass is 269 g/mol. The van der Waals surface area contributed by atoms with Crippen molar-refractivity contribution in [2.24, 2.45) is 11.8 Å². The quantitative estimate of drug-likeness (QED) is 0.729. The zero-order chi connectivity index (χ0) is 14.3. The van der Waals surface area contributed by atoms with Crippen molar-refractivity contribution in [3.05, 3.63) is 0 Å². The number of carbonyl (C=O) groups is 1. The molecule has 1 saturated carbocycles. The summed E-state index contributed by atoms with van der Waals surface area (Å²) in [7, 11) is 0. The molecule has 0 aliphatic heterocycles. The molecule has 3 nitrogen and oxygen atoms in total. The van der Waals surface area contributed by atoms with Gasteiger partial charge in [0.25, 0.3) is 0 Å². The maximum atomic E-state index is 11.5. The fourth-order valence-corrected chi connectivity index (χ4v) is 3.61. The first-order chi connectivity index (χ1) is 9.13. The van der Waals surface area contributed by atoms with Gasteiger partial charge < -0.3 is 5.11 Å². The Hall–Kier alpha value is -0.570. The van der Waals surface area contributed by atoms with E-state index in [1.165, 1.54) is 12.8 Å². The average molecular weight is 269 g/mol. The van der Waals surface area contributed by atoms with E-state index in [0.29, 0.717) is 0 Å². The molecule has 1 aliphatic rings. The minimum absolute atomic E-state index is 0.147. The summed E-state index contributed by atoms with van der Waals surface area (Å²) in [5.74, 6) is 0.00479. The highest BCUT2D eigenvalue weighted by Crippen LogP contribution is 2.35. The third kappa shape index (κ3) is 4.79. The second-order valence-electron chi connectivity index (χ2n) is 6.02. The highest BCUT2D eigenvalue weighted by molar-refractivity contribution is 5.71. The number of hydrogen-bond donors (Lipinski definition) is 1. The fraction of sp³-hybridized carbons (Fsp3) is 0.938. The van der Waals surface area contributed by atoms with Crippen LogP contribution in [0.2, 0.25) is 0 Å². The Balaban J connectivity index is 2.75. The zero-order valence-corrected chi connectivity index (χ0v) is 12.9. The fourth-order valence-electron chi connectivity index (χ4n) is 3.61. The summed E-state index contributed by atoms with van der Waals surface area (Å²) in [6.45, 7) is 8.69. The van der Waals surface area contributed by atoms with Crippen LogP contribution in [0.15, 0.2) is 0 Å². The van der Waals surface area contributed by atoms with Crippen LogP contribution in [-0.4, -0.2) is 35.1 Å². The van der Waals surface area contributed by atoms with Gasteiger partial charge >= 0.3 is 5.97 Å². The molecule has 0 aromatic heterocycles. The smallest absolute Gasteiger partial charge is 0.308 e. The minimum Gasteiger partial charge on any atom is -0.481 e.